The molecule has 0 aromatic carbocycles. The number of H-pyrrole nitrogens is 1. The van der Waals surface area contributed by atoms with E-state index in [9.17, 15) is 0 Å². The maximum Gasteiger partial charge on any atom is 0.123 e. The molecule has 3 nitrogen and oxygen atoms in total. The molecule has 1 heterocycles. The van der Waals surface area contributed by atoms with Gasteiger partial charge in [0.1, 0.15) is 5.82 Å². The second-order valence-corrected chi connectivity index (χ2v) is 3.82. The molecule has 1 aromatic heterocycles. The van der Waals surface area contributed by atoms with Crippen molar-refractivity contribution in [3.05, 3.63) is 17.2 Å². The third kappa shape index (κ3) is 2.10. The first-order valence-corrected chi connectivity index (χ1v) is 4.87. The molecule has 0 radical (unpaired) electrons. The fourth-order valence-corrected chi connectivity index (χ4v) is 1.34. The number of aryl methyl sites for hydroxylation is 2. The average molecular weight is 181 g/mol. The van der Waals surface area contributed by atoms with E-state index in [0.717, 1.165) is 23.6 Å². The van der Waals surface area contributed by atoms with Gasteiger partial charge in [-0.1, -0.05) is 20.8 Å². The van der Waals surface area contributed by atoms with Gasteiger partial charge < -0.3 is 10.7 Å². The first kappa shape index (κ1) is 10.3. The fraction of sp³-hybridized carbons (Fsp3) is 0.700. The molecule has 0 saturated heterocycles. The maximum atomic E-state index is 5.98. The Bertz CT molecular complexity index is 276. The Hall–Kier alpha value is -0.830. The molecule has 0 aliphatic rings. The van der Waals surface area contributed by atoms with Crippen LogP contribution in [0.4, 0.5) is 0 Å². The van der Waals surface area contributed by atoms with Gasteiger partial charge in [0, 0.05) is 5.69 Å². The lowest BCUT2D eigenvalue weighted by Crippen LogP contribution is -2.18. The molecule has 1 rings (SSSR count). The van der Waals surface area contributed by atoms with Gasteiger partial charge >= 0.3 is 0 Å². The van der Waals surface area contributed by atoms with Crippen LogP contribution in [-0.4, -0.2) is 9.97 Å². The smallest absolute Gasteiger partial charge is 0.123 e. The van der Waals surface area contributed by atoms with Crippen molar-refractivity contribution in [1.82, 2.24) is 9.97 Å². The summed E-state index contributed by atoms with van der Waals surface area (Å²) in [5, 5.41) is 0. The summed E-state index contributed by atoms with van der Waals surface area (Å²) in [7, 11) is 0. The first-order chi connectivity index (χ1) is 6.06. The molecule has 0 fully saturated rings. The van der Waals surface area contributed by atoms with Crippen molar-refractivity contribution in [1.29, 1.82) is 0 Å². The Morgan fingerprint density at radius 3 is 2.46 bits per heavy atom. The lowest BCUT2D eigenvalue weighted by Gasteiger charge is -2.11. The molecule has 3 heteroatoms. The van der Waals surface area contributed by atoms with Gasteiger partial charge in [0.05, 0.1) is 11.7 Å². The van der Waals surface area contributed by atoms with Crippen LogP contribution in [0.15, 0.2) is 0 Å². The SMILES string of the molecule is CCc1nc([C@@H](N)C(C)C)[nH]c1C. The number of nitrogens with two attached hydrogens (primary N) is 1. The summed E-state index contributed by atoms with van der Waals surface area (Å²) in [6, 6.07) is 0.0269. The van der Waals surface area contributed by atoms with Crippen LogP contribution in [-0.2, 0) is 6.42 Å². The molecule has 0 amide bonds. The fourth-order valence-electron chi connectivity index (χ4n) is 1.34. The van der Waals surface area contributed by atoms with Gasteiger partial charge in [-0.05, 0) is 19.3 Å². The van der Waals surface area contributed by atoms with E-state index in [2.05, 4.69) is 30.7 Å². The van der Waals surface area contributed by atoms with E-state index in [-0.39, 0.29) is 6.04 Å². The third-order valence-electron chi connectivity index (χ3n) is 2.37. The summed E-state index contributed by atoms with van der Waals surface area (Å²) in [5.41, 5.74) is 8.26. The van der Waals surface area contributed by atoms with Gasteiger partial charge in [-0.3, -0.25) is 0 Å². The van der Waals surface area contributed by atoms with E-state index in [0.29, 0.717) is 5.92 Å². The minimum atomic E-state index is 0.0269. The van der Waals surface area contributed by atoms with Gasteiger partial charge in [-0.25, -0.2) is 4.98 Å². The molecule has 0 spiro atoms. The summed E-state index contributed by atoms with van der Waals surface area (Å²) in [6.07, 6.45) is 0.965. The Kier molecular flexibility index (Phi) is 3.09. The summed E-state index contributed by atoms with van der Waals surface area (Å²) in [4.78, 5) is 7.71. The van der Waals surface area contributed by atoms with Crippen molar-refractivity contribution in [2.24, 2.45) is 11.7 Å². The van der Waals surface area contributed by atoms with E-state index in [1.54, 1.807) is 0 Å². The molecule has 0 bridgehead atoms. The zero-order valence-corrected chi connectivity index (χ0v) is 8.89. The van der Waals surface area contributed by atoms with Gasteiger partial charge in [0.2, 0.25) is 0 Å². The first-order valence-electron chi connectivity index (χ1n) is 4.87. The highest BCUT2D eigenvalue weighted by Gasteiger charge is 2.15. The highest BCUT2D eigenvalue weighted by molar-refractivity contribution is 5.14. The lowest BCUT2D eigenvalue weighted by atomic mass is 10.1. The summed E-state index contributed by atoms with van der Waals surface area (Å²) >= 11 is 0. The number of hydrogen-bond donors (Lipinski definition) is 2. The monoisotopic (exact) mass is 181 g/mol. The minimum Gasteiger partial charge on any atom is -0.345 e. The van der Waals surface area contributed by atoms with Crippen molar-refractivity contribution in [3.63, 3.8) is 0 Å². The number of aromatic nitrogens is 2. The Morgan fingerprint density at radius 2 is 2.08 bits per heavy atom. The standard InChI is InChI=1S/C10H19N3/c1-5-8-7(4)12-10(13-8)9(11)6(2)3/h6,9H,5,11H2,1-4H3,(H,12,13)/t9-/m0/s1. The van der Waals surface area contributed by atoms with Gasteiger partial charge in [0.15, 0.2) is 0 Å². The summed E-state index contributed by atoms with van der Waals surface area (Å²) in [6.45, 7) is 8.36. The molecule has 13 heavy (non-hydrogen) atoms. The van der Waals surface area contributed by atoms with Crippen LogP contribution >= 0.6 is 0 Å². The van der Waals surface area contributed by atoms with E-state index in [1.165, 1.54) is 0 Å². The zero-order valence-electron chi connectivity index (χ0n) is 8.89. The number of aromatic amines is 1. The Morgan fingerprint density at radius 1 is 1.46 bits per heavy atom. The number of nitrogens with zero attached hydrogens (tertiary/aromatic N) is 1. The second kappa shape index (κ2) is 3.92. The topological polar surface area (TPSA) is 54.7 Å². The van der Waals surface area contributed by atoms with Crippen LogP contribution in [0.2, 0.25) is 0 Å². The minimum absolute atomic E-state index is 0.0269. The van der Waals surface area contributed by atoms with Gasteiger partial charge in [-0.15, -0.1) is 0 Å². The van der Waals surface area contributed by atoms with E-state index in [4.69, 9.17) is 5.73 Å². The predicted octanol–water partition coefficient (Wildman–Crippen LogP) is 1.94. The van der Waals surface area contributed by atoms with Crippen molar-refractivity contribution < 1.29 is 0 Å². The van der Waals surface area contributed by atoms with Crippen LogP contribution in [0.3, 0.4) is 0 Å². The molecule has 0 aliphatic carbocycles. The van der Waals surface area contributed by atoms with Crippen LogP contribution in [0.1, 0.15) is 44.0 Å². The highest BCUT2D eigenvalue weighted by Crippen LogP contribution is 2.17. The van der Waals surface area contributed by atoms with Crippen molar-refractivity contribution in [2.45, 2.75) is 40.2 Å². The molecule has 0 unspecified atom stereocenters. The Labute approximate surface area is 79.8 Å². The van der Waals surface area contributed by atoms with Crippen LogP contribution < -0.4 is 5.73 Å². The van der Waals surface area contributed by atoms with E-state index in [1.807, 2.05) is 6.92 Å². The normalized spacial score (nSPS) is 13.7. The van der Waals surface area contributed by atoms with E-state index >= 15 is 0 Å². The largest absolute Gasteiger partial charge is 0.345 e. The highest BCUT2D eigenvalue weighted by atomic mass is 15.0. The van der Waals surface area contributed by atoms with Crippen LogP contribution in [0.25, 0.3) is 0 Å². The number of imidazole rings is 1. The number of hydrogen-bond acceptors (Lipinski definition) is 2. The van der Waals surface area contributed by atoms with E-state index < -0.39 is 0 Å². The molecule has 0 saturated carbocycles. The number of rotatable bonds is 3. The quantitative estimate of drug-likeness (QED) is 0.748. The zero-order chi connectivity index (χ0) is 10.0. The summed E-state index contributed by atoms with van der Waals surface area (Å²) in [5.74, 6) is 1.35. The molecular weight excluding hydrogens is 162 g/mol. The molecule has 74 valence electrons. The Balaban J connectivity index is 2.90. The lowest BCUT2D eigenvalue weighted by molar-refractivity contribution is 0.493. The molecule has 1 aromatic rings. The van der Waals surface area contributed by atoms with Crippen molar-refractivity contribution >= 4 is 0 Å². The molecule has 1 atom stereocenters. The van der Waals surface area contributed by atoms with Gasteiger partial charge in [0.25, 0.3) is 0 Å². The summed E-state index contributed by atoms with van der Waals surface area (Å²) < 4.78 is 0. The predicted molar refractivity (Wildman–Crippen MR) is 54.5 cm³/mol. The van der Waals surface area contributed by atoms with Crippen molar-refractivity contribution in [3.8, 4) is 0 Å². The van der Waals surface area contributed by atoms with Gasteiger partial charge in [-0.2, -0.15) is 0 Å². The third-order valence-corrected chi connectivity index (χ3v) is 2.37. The number of nitrogens with one attached hydrogen (secondary N) is 1. The van der Waals surface area contributed by atoms with Crippen LogP contribution in [0.5, 0.6) is 0 Å². The average Bonchev–Trinajstić information content (AvgIpc) is 2.45. The molecule has 0 aliphatic heterocycles. The van der Waals surface area contributed by atoms with Crippen molar-refractivity contribution in [2.75, 3.05) is 0 Å². The maximum absolute atomic E-state index is 5.98. The second-order valence-electron chi connectivity index (χ2n) is 3.82. The van der Waals surface area contributed by atoms with Crippen LogP contribution in [0, 0.1) is 12.8 Å². The molecular formula is C10H19N3. The molecule has 3 N–H and O–H groups in total.